The molecule has 0 spiro atoms. The first-order valence-corrected chi connectivity index (χ1v) is 6.45. The molecule has 2 aromatic rings. The van der Waals surface area contributed by atoms with Gasteiger partial charge in [-0.05, 0) is 38.0 Å². The Bertz CT molecular complexity index is 505. The van der Waals surface area contributed by atoms with E-state index in [1.165, 1.54) is 11.1 Å². The zero-order valence-electron chi connectivity index (χ0n) is 11.1. The van der Waals surface area contributed by atoms with Gasteiger partial charge in [0.15, 0.2) is 0 Å². The fourth-order valence-corrected chi connectivity index (χ4v) is 2.02. The molecule has 0 unspecified atom stereocenters. The maximum Gasteiger partial charge on any atom is 0.0960 e. The highest BCUT2D eigenvalue weighted by molar-refractivity contribution is 5.76. The molecule has 0 aliphatic heterocycles. The van der Waals surface area contributed by atoms with Crippen LogP contribution in [-0.4, -0.2) is 29.3 Å². The Morgan fingerprint density at radius 2 is 2.17 bits per heavy atom. The van der Waals surface area contributed by atoms with Crippen molar-refractivity contribution in [3.8, 4) is 0 Å². The van der Waals surface area contributed by atoms with E-state index in [1.54, 1.807) is 0 Å². The lowest BCUT2D eigenvalue weighted by Crippen LogP contribution is -2.10. The van der Waals surface area contributed by atoms with Crippen molar-refractivity contribution in [2.45, 2.75) is 26.3 Å². The zero-order chi connectivity index (χ0) is 13.0. The minimum Gasteiger partial charge on any atom is -0.380 e. The molecule has 0 amide bonds. The van der Waals surface area contributed by atoms with Crippen molar-refractivity contribution in [3.63, 3.8) is 0 Å². The monoisotopic (exact) mass is 247 g/mol. The Kier molecular flexibility index (Phi) is 4.33. The van der Waals surface area contributed by atoms with Crippen molar-refractivity contribution >= 4 is 11.0 Å². The summed E-state index contributed by atoms with van der Waals surface area (Å²) < 4.78 is 7.58. The molecule has 2 rings (SSSR count). The van der Waals surface area contributed by atoms with Gasteiger partial charge in [0.25, 0.3) is 0 Å². The maximum atomic E-state index is 5.39. The van der Waals surface area contributed by atoms with Gasteiger partial charge in [-0.2, -0.15) is 0 Å². The van der Waals surface area contributed by atoms with Crippen LogP contribution in [0, 0.1) is 0 Å². The van der Waals surface area contributed by atoms with Crippen molar-refractivity contribution in [2.24, 2.45) is 5.73 Å². The van der Waals surface area contributed by atoms with Gasteiger partial charge in [-0.25, -0.2) is 4.98 Å². The minimum atomic E-state index is 0.439. The van der Waals surface area contributed by atoms with Gasteiger partial charge >= 0.3 is 0 Å². The number of imidazole rings is 1. The smallest absolute Gasteiger partial charge is 0.0960 e. The van der Waals surface area contributed by atoms with Crippen molar-refractivity contribution < 1.29 is 4.74 Å². The number of ether oxygens (including phenoxy) is 1. The fraction of sp³-hybridized carbons (Fsp3) is 0.500. The summed E-state index contributed by atoms with van der Waals surface area (Å²) in [5.41, 5.74) is 8.88. The normalized spacial score (nSPS) is 11.6. The van der Waals surface area contributed by atoms with Crippen LogP contribution >= 0.6 is 0 Å². The summed E-state index contributed by atoms with van der Waals surface area (Å²) in [6.07, 6.45) is 2.81. The molecule has 1 heterocycles. The molecule has 0 saturated heterocycles. The first kappa shape index (κ1) is 13.1. The van der Waals surface area contributed by atoms with Crippen molar-refractivity contribution in [1.82, 2.24) is 9.55 Å². The predicted molar refractivity (Wildman–Crippen MR) is 73.7 cm³/mol. The van der Waals surface area contributed by atoms with Crippen LogP contribution in [-0.2, 0) is 11.2 Å². The molecule has 0 atom stereocenters. The summed E-state index contributed by atoms with van der Waals surface area (Å²) in [6.45, 7) is 6.25. The minimum absolute atomic E-state index is 0.439. The van der Waals surface area contributed by atoms with Crippen LogP contribution in [0.25, 0.3) is 11.0 Å². The van der Waals surface area contributed by atoms with Gasteiger partial charge in [-0.15, -0.1) is 0 Å². The van der Waals surface area contributed by atoms with E-state index in [0.717, 1.165) is 11.9 Å². The molecule has 1 aromatic carbocycles. The van der Waals surface area contributed by atoms with Crippen LogP contribution in [0.5, 0.6) is 0 Å². The lowest BCUT2D eigenvalue weighted by atomic mass is 10.1. The zero-order valence-corrected chi connectivity index (χ0v) is 11.1. The molecular weight excluding hydrogens is 226 g/mol. The number of hydrogen-bond donors (Lipinski definition) is 1. The molecule has 0 bridgehead atoms. The molecule has 4 heteroatoms. The van der Waals surface area contributed by atoms with Crippen molar-refractivity contribution in [2.75, 3.05) is 19.8 Å². The molecule has 0 radical (unpaired) electrons. The Labute approximate surface area is 108 Å². The molecule has 0 aliphatic rings. The second kappa shape index (κ2) is 5.98. The third-order valence-corrected chi connectivity index (χ3v) is 2.99. The molecule has 0 saturated carbocycles. The van der Waals surface area contributed by atoms with E-state index in [1.807, 2.05) is 6.33 Å². The van der Waals surface area contributed by atoms with E-state index in [4.69, 9.17) is 10.5 Å². The Balaban J connectivity index is 2.09. The topological polar surface area (TPSA) is 53.1 Å². The lowest BCUT2D eigenvalue weighted by molar-refractivity contribution is 0.145. The van der Waals surface area contributed by atoms with Gasteiger partial charge in [0.05, 0.1) is 30.6 Å². The lowest BCUT2D eigenvalue weighted by Gasteiger charge is -2.08. The Morgan fingerprint density at radius 3 is 2.89 bits per heavy atom. The standard InChI is InChI=1S/C14H21N3O/c1-11(2)17-10-16-13-9-12(3-4-14(13)17)5-7-18-8-6-15/h3-4,9-11H,5-8,15H2,1-2H3. The van der Waals surface area contributed by atoms with Crippen LogP contribution in [0.1, 0.15) is 25.5 Å². The molecule has 4 nitrogen and oxygen atoms in total. The van der Waals surface area contributed by atoms with Gasteiger partial charge in [0.1, 0.15) is 0 Å². The number of nitrogens with two attached hydrogens (primary N) is 1. The number of fused-ring (bicyclic) bond motifs is 1. The van der Waals surface area contributed by atoms with Gasteiger partial charge in [-0.3, -0.25) is 0 Å². The molecular formula is C14H21N3O. The van der Waals surface area contributed by atoms with Gasteiger partial charge in [0, 0.05) is 12.6 Å². The maximum absolute atomic E-state index is 5.39. The van der Waals surface area contributed by atoms with E-state index in [-0.39, 0.29) is 0 Å². The second-order valence-electron chi connectivity index (χ2n) is 4.72. The van der Waals surface area contributed by atoms with Crippen LogP contribution in [0.15, 0.2) is 24.5 Å². The predicted octanol–water partition coefficient (Wildman–Crippen LogP) is 2.13. The summed E-state index contributed by atoms with van der Waals surface area (Å²) in [7, 11) is 0. The highest BCUT2D eigenvalue weighted by Gasteiger charge is 2.05. The van der Waals surface area contributed by atoms with E-state index in [9.17, 15) is 0 Å². The van der Waals surface area contributed by atoms with Crippen molar-refractivity contribution in [3.05, 3.63) is 30.1 Å². The quantitative estimate of drug-likeness (QED) is 0.796. The van der Waals surface area contributed by atoms with E-state index in [0.29, 0.717) is 25.8 Å². The average molecular weight is 247 g/mol. The largest absolute Gasteiger partial charge is 0.380 e. The van der Waals surface area contributed by atoms with E-state index < -0.39 is 0 Å². The van der Waals surface area contributed by atoms with Crippen LogP contribution in [0.4, 0.5) is 0 Å². The molecule has 0 aliphatic carbocycles. The molecule has 18 heavy (non-hydrogen) atoms. The van der Waals surface area contributed by atoms with Crippen LogP contribution in [0.3, 0.4) is 0 Å². The number of nitrogens with zero attached hydrogens (tertiary/aromatic N) is 2. The molecule has 98 valence electrons. The fourth-order valence-electron chi connectivity index (χ4n) is 2.02. The third kappa shape index (κ3) is 2.89. The van der Waals surface area contributed by atoms with E-state index in [2.05, 4.69) is 41.6 Å². The summed E-state index contributed by atoms with van der Waals surface area (Å²) in [4.78, 5) is 4.45. The second-order valence-corrected chi connectivity index (χ2v) is 4.72. The Hall–Kier alpha value is -1.39. The summed E-state index contributed by atoms with van der Waals surface area (Å²) in [6, 6.07) is 6.86. The van der Waals surface area contributed by atoms with Crippen LogP contribution < -0.4 is 5.73 Å². The average Bonchev–Trinajstić information content (AvgIpc) is 2.77. The van der Waals surface area contributed by atoms with Crippen molar-refractivity contribution in [1.29, 1.82) is 0 Å². The molecule has 0 fully saturated rings. The first-order chi connectivity index (χ1) is 8.72. The number of aromatic nitrogens is 2. The third-order valence-electron chi connectivity index (χ3n) is 2.99. The van der Waals surface area contributed by atoms with Gasteiger partial charge < -0.3 is 15.0 Å². The Morgan fingerprint density at radius 1 is 1.33 bits per heavy atom. The highest BCUT2D eigenvalue weighted by Crippen LogP contribution is 2.18. The summed E-state index contributed by atoms with van der Waals surface area (Å²) in [5, 5.41) is 0. The highest BCUT2D eigenvalue weighted by atomic mass is 16.5. The number of benzene rings is 1. The number of hydrogen-bond acceptors (Lipinski definition) is 3. The first-order valence-electron chi connectivity index (χ1n) is 6.45. The molecule has 2 N–H and O–H groups in total. The summed E-state index contributed by atoms with van der Waals surface area (Å²) in [5.74, 6) is 0. The number of rotatable bonds is 6. The SMILES string of the molecule is CC(C)n1cnc2cc(CCOCCN)ccc21. The van der Waals surface area contributed by atoms with Gasteiger partial charge in [0.2, 0.25) is 0 Å². The van der Waals surface area contributed by atoms with Gasteiger partial charge in [-0.1, -0.05) is 6.07 Å². The van der Waals surface area contributed by atoms with Crippen LogP contribution in [0.2, 0.25) is 0 Å². The molecule has 1 aromatic heterocycles. The van der Waals surface area contributed by atoms with E-state index >= 15 is 0 Å². The summed E-state index contributed by atoms with van der Waals surface area (Å²) >= 11 is 0.